The Hall–Kier alpha value is -3.71. The molecule has 1 heterocycles. The molecule has 0 fully saturated rings. The topological polar surface area (TPSA) is 65.7 Å². The average molecular weight is 589 g/mol. The Morgan fingerprint density at radius 1 is 1.10 bits per heavy atom. The van der Waals surface area contributed by atoms with Crippen LogP contribution in [0.4, 0.5) is 0 Å². The fourth-order valence-corrected chi connectivity index (χ4v) is 4.60. The van der Waals surface area contributed by atoms with Gasteiger partial charge in [-0.25, -0.2) is 4.98 Å². The third-order valence-corrected chi connectivity index (χ3v) is 7.02. The van der Waals surface area contributed by atoms with E-state index in [0.29, 0.717) is 47.9 Å². The van der Waals surface area contributed by atoms with Crippen molar-refractivity contribution < 1.29 is 9.47 Å². The monoisotopic (exact) mass is 587 g/mol. The van der Waals surface area contributed by atoms with Crippen molar-refractivity contribution in [3.05, 3.63) is 110 Å². The quantitative estimate of drug-likeness (QED) is 0.134. The van der Waals surface area contributed by atoms with E-state index in [1.54, 1.807) is 12.3 Å². The van der Waals surface area contributed by atoms with Crippen LogP contribution in [0.3, 0.4) is 0 Å². The molecule has 1 atom stereocenters. The van der Waals surface area contributed by atoms with Crippen LogP contribution >= 0.6 is 15.9 Å². The summed E-state index contributed by atoms with van der Waals surface area (Å²) < 4.78 is 14.5. The number of aromatic nitrogens is 2. The van der Waals surface area contributed by atoms with Crippen LogP contribution in [0.2, 0.25) is 0 Å². The summed E-state index contributed by atoms with van der Waals surface area (Å²) in [5, 5.41) is 5.15. The fourth-order valence-electron chi connectivity index (χ4n) is 4.24. The SMILES string of the molecule is C=CCc1cc(C=Nn2c([C@@H](C)CC)nc3ccc(Br)cc3c2=O)cc(OCC)c1OCc1ccc(C)cc1. The van der Waals surface area contributed by atoms with Crippen molar-refractivity contribution in [2.24, 2.45) is 5.10 Å². The lowest BCUT2D eigenvalue weighted by molar-refractivity contribution is 0.267. The maximum atomic E-state index is 13.5. The summed E-state index contributed by atoms with van der Waals surface area (Å²) >= 11 is 3.46. The third-order valence-electron chi connectivity index (χ3n) is 6.53. The van der Waals surface area contributed by atoms with E-state index in [1.165, 1.54) is 10.2 Å². The van der Waals surface area contributed by atoms with E-state index in [1.807, 2.05) is 44.2 Å². The van der Waals surface area contributed by atoms with Crippen molar-refractivity contribution >= 4 is 33.0 Å². The fraction of sp³-hybridized carbons (Fsp3) is 0.281. The summed E-state index contributed by atoms with van der Waals surface area (Å²) in [4.78, 5) is 18.3. The summed E-state index contributed by atoms with van der Waals surface area (Å²) in [7, 11) is 0. The molecule has 3 aromatic carbocycles. The van der Waals surface area contributed by atoms with E-state index in [4.69, 9.17) is 14.5 Å². The predicted molar refractivity (Wildman–Crippen MR) is 162 cm³/mol. The van der Waals surface area contributed by atoms with Gasteiger partial charge in [0.15, 0.2) is 11.5 Å². The minimum Gasteiger partial charge on any atom is -0.490 e. The number of allylic oxidation sites excluding steroid dienone is 1. The molecule has 4 aromatic rings. The predicted octanol–water partition coefficient (Wildman–Crippen LogP) is 7.57. The van der Waals surface area contributed by atoms with Crippen LogP contribution in [0.1, 0.15) is 61.2 Å². The number of hydrogen-bond donors (Lipinski definition) is 0. The first-order chi connectivity index (χ1) is 18.8. The molecule has 4 rings (SSSR count). The van der Waals surface area contributed by atoms with Crippen molar-refractivity contribution in [3.63, 3.8) is 0 Å². The first-order valence-corrected chi connectivity index (χ1v) is 14.0. The lowest BCUT2D eigenvalue weighted by Gasteiger charge is -2.17. The number of rotatable bonds is 11. The molecule has 0 unspecified atom stereocenters. The van der Waals surface area contributed by atoms with Crippen molar-refractivity contribution in [1.29, 1.82) is 0 Å². The van der Waals surface area contributed by atoms with Crippen LogP contribution in [-0.4, -0.2) is 22.5 Å². The van der Waals surface area contributed by atoms with Crippen LogP contribution in [0.25, 0.3) is 10.9 Å². The molecule has 1 aromatic heterocycles. The van der Waals surface area contributed by atoms with Gasteiger partial charge in [0.1, 0.15) is 12.4 Å². The molecule has 7 heteroatoms. The maximum Gasteiger partial charge on any atom is 0.282 e. The molecule has 0 aliphatic carbocycles. The number of benzene rings is 3. The second-order valence-corrected chi connectivity index (χ2v) is 10.4. The molecule has 0 saturated heterocycles. The molecule has 0 spiro atoms. The highest BCUT2D eigenvalue weighted by Gasteiger charge is 2.17. The number of aryl methyl sites for hydroxylation is 1. The van der Waals surface area contributed by atoms with E-state index < -0.39 is 0 Å². The zero-order valence-electron chi connectivity index (χ0n) is 22.9. The van der Waals surface area contributed by atoms with Gasteiger partial charge in [0.2, 0.25) is 0 Å². The smallest absolute Gasteiger partial charge is 0.282 e. The molecular weight excluding hydrogens is 554 g/mol. The Morgan fingerprint density at radius 3 is 2.56 bits per heavy atom. The largest absolute Gasteiger partial charge is 0.490 e. The van der Waals surface area contributed by atoms with Crippen molar-refractivity contribution in [1.82, 2.24) is 9.66 Å². The molecule has 0 saturated carbocycles. The van der Waals surface area contributed by atoms with Crippen LogP contribution < -0.4 is 15.0 Å². The Morgan fingerprint density at radius 2 is 1.87 bits per heavy atom. The van der Waals surface area contributed by atoms with E-state index in [-0.39, 0.29) is 11.5 Å². The van der Waals surface area contributed by atoms with Crippen LogP contribution in [0.15, 0.2) is 81.6 Å². The van der Waals surface area contributed by atoms with Crippen molar-refractivity contribution in [3.8, 4) is 11.5 Å². The van der Waals surface area contributed by atoms with Gasteiger partial charge in [0.25, 0.3) is 5.56 Å². The Balaban J connectivity index is 1.76. The summed E-state index contributed by atoms with van der Waals surface area (Å²) in [6.45, 7) is 12.9. The third kappa shape index (κ3) is 6.66. The molecule has 39 heavy (non-hydrogen) atoms. The molecule has 0 amide bonds. The van der Waals surface area contributed by atoms with Gasteiger partial charge in [-0.15, -0.1) is 6.58 Å². The van der Waals surface area contributed by atoms with Gasteiger partial charge in [-0.2, -0.15) is 9.78 Å². The first-order valence-electron chi connectivity index (χ1n) is 13.2. The molecule has 0 bridgehead atoms. The maximum absolute atomic E-state index is 13.5. The van der Waals surface area contributed by atoms with Gasteiger partial charge >= 0.3 is 0 Å². The standard InChI is InChI=1S/C32H34BrN3O3/c1-6-9-25-16-24(17-29(38-8-3)30(25)39-20-23-12-10-21(4)11-13-23)19-34-36-31(22(5)7-2)35-28-15-14-26(33)18-27(28)32(36)37/h6,10-19,22H,1,7-9,20H2,2-5H3/t22-/m0/s1. The second-order valence-electron chi connectivity index (χ2n) is 9.51. The molecule has 0 N–H and O–H groups in total. The van der Waals surface area contributed by atoms with E-state index in [9.17, 15) is 4.79 Å². The Bertz CT molecular complexity index is 1560. The highest BCUT2D eigenvalue weighted by atomic mass is 79.9. The van der Waals surface area contributed by atoms with Crippen LogP contribution in [0.5, 0.6) is 11.5 Å². The highest BCUT2D eigenvalue weighted by molar-refractivity contribution is 9.10. The normalized spacial score (nSPS) is 12.1. The Kier molecular flexibility index (Phi) is 9.36. The van der Waals surface area contributed by atoms with Crippen molar-refractivity contribution in [2.75, 3.05) is 6.61 Å². The average Bonchev–Trinajstić information content (AvgIpc) is 2.93. The minimum absolute atomic E-state index is 0.0516. The van der Waals surface area contributed by atoms with Gasteiger partial charge in [-0.05, 0) is 68.1 Å². The second kappa shape index (κ2) is 12.9. The lowest BCUT2D eigenvalue weighted by Crippen LogP contribution is -2.23. The van der Waals surface area contributed by atoms with Crippen molar-refractivity contribution in [2.45, 2.75) is 53.1 Å². The Labute approximate surface area is 238 Å². The van der Waals surface area contributed by atoms with E-state index in [2.05, 4.69) is 65.7 Å². The van der Waals surface area contributed by atoms with Gasteiger partial charge in [0, 0.05) is 16.0 Å². The van der Waals surface area contributed by atoms with E-state index >= 15 is 0 Å². The molecule has 0 radical (unpaired) electrons. The number of hydrogen-bond acceptors (Lipinski definition) is 5. The molecule has 0 aliphatic rings. The van der Waals surface area contributed by atoms with Crippen LogP contribution in [-0.2, 0) is 13.0 Å². The zero-order chi connectivity index (χ0) is 27.9. The summed E-state index contributed by atoms with van der Waals surface area (Å²) in [5.74, 6) is 1.99. The summed E-state index contributed by atoms with van der Waals surface area (Å²) in [6.07, 6.45) is 4.93. The summed E-state index contributed by atoms with van der Waals surface area (Å²) in [6, 6.07) is 17.7. The van der Waals surface area contributed by atoms with Gasteiger partial charge in [0.05, 0.1) is 23.7 Å². The molecule has 202 valence electrons. The number of fused-ring (bicyclic) bond motifs is 1. The lowest BCUT2D eigenvalue weighted by atomic mass is 10.1. The number of halogens is 1. The zero-order valence-corrected chi connectivity index (χ0v) is 24.5. The van der Waals surface area contributed by atoms with Gasteiger partial charge in [-0.3, -0.25) is 4.79 Å². The van der Waals surface area contributed by atoms with Crippen LogP contribution in [0, 0.1) is 6.92 Å². The van der Waals surface area contributed by atoms with Gasteiger partial charge in [-0.1, -0.05) is 65.7 Å². The number of nitrogens with zero attached hydrogens (tertiary/aromatic N) is 3. The molecule has 6 nitrogen and oxygen atoms in total. The molecule has 0 aliphatic heterocycles. The number of ether oxygens (including phenoxy) is 2. The highest BCUT2D eigenvalue weighted by Crippen LogP contribution is 2.34. The van der Waals surface area contributed by atoms with E-state index in [0.717, 1.165) is 27.6 Å². The summed E-state index contributed by atoms with van der Waals surface area (Å²) in [5.41, 5.74) is 4.45. The molecular formula is C32H34BrN3O3. The van der Waals surface area contributed by atoms with Gasteiger partial charge < -0.3 is 9.47 Å². The minimum atomic E-state index is -0.206. The first kappa shape index (κ1) is 28.3.